The van der Waals surface area contributed by atoms with Crippen LogP contribution in [-0.2, 0) is 4.79 Å². The third-order valence-corrected chi connectivity index (χ3v) is 4.39. The van der Waals surface area contributed by atoms with E-state index in [0.29, 0.717) is 0 Å². The lowest BCUT2D eigenvalue weighted by Gasteiger charge is -2.14. The first-order valence-electron chi connectivity index (χ1n) is 9.45. The normalized spacial score (nSPS) is 10.4. The maximum atomic E-state index is 13.7. The van der Waals surface area contributed by atoms with Gasteiger partial charge in [-0.25, -0.2) is 4.39 Å². The first-order valence-corrected chi connectivity index (χ1v) is 9.45. The molecule has 30 heavy (non-hydrogen) atoms. The Morgan fingerprint density at radius 3 is 2.43 bits per heavy atom. The van der Waals surface area contributed by atoms with E-state index in [1.54, 1.807) is 18.2 Å². The molecule has 154 valence electrons. The number of nitrogens with zero attached hydrogens (tertiary/aromatic N) is 1. The summed E-state index contributed by atoms with van der Waals surface area (Å²) in [6.45, 7) is 4.04. The number of carbonyl (C=O) groups excluding carboxylic acids is 2. The number of halogens is 1. The smallest absolute Gasteiger partial charge is 0.274 e. The zero-order valence-corrected chi connectivity index (χ0v) is 16.7. The molecule has 0 aliphatic heterocycles. The van der Waals surface area contributed by atoms with Crippen LogP contribution in [0.1, 0.15) is 28.0 Å². The number of para-hydroxylation sites is 1. The largest absolute Gasteiger partial charge is 0.493 e. The Balaban J connectivity index is 1.63. The number of aryl methyl sites for hydroxylation is 2. The second-order valence-corrected chi connectivity index (χ2v) is 6.73. The predicted octanol–water partition coefficient (Wildman–Crippen LogP) is 4.50. The molecule has 0 fully saturated rings. The summed E-state index contributed by atoms with van der Waals surface area (Å²) in [5.74, 6) is -0.608. The molecule has 0 spiro atoms. The van der Waals surface area contributed by atoms with Crippen LogP contribution in [0, 0.1) is 19.7 Å². The van der Waals surface area contributed by atoms with Gasteiger partial charge >= 0.3 is 0 Å². The topological polar surface area (TPSA) is 80.3 Å². The van der Waals surface area contributed by atoms with Crippen molar-refractivity contribution in [1.29, 1.82) is 0 Å². The summed E-state index contributed by atoms with van der Waals surface area (Å²) < 4.78 is 19.5. The summed E-state index contributed by atoms with van der Waals surface area (Å²) in [7, 11) is 0. The van der Waals surface area contributed by atoms with E-state index in [1.807, 2.05) is 32.0 Å². The molecule has 0 atom stereocenters. The predicted molar refractivity (Wildman–Crippen MR) is 113 cm³/mol. The molecule has 2 N–H and O–H groups in total. The molecule has 1 heterocycles. The van der Waals surface area contributed by atoms with E-state index in [9.17, 15) is 14.0 Å². The molecule has 0 radical (unpaired) electrons. The average molecular weight is 407 g/mol. The second-order valence-electron chi connectivity index (χ2n) is 6.73. The SMILES string of the molecule is Cc1cccc(C)c1OCCC(=O)Nc1cc(F)ccc1NC(=O)c1ccccn1. The van der Waals surface area contributed by atoms with Crippen molar-refractivity contribution in [3.05, 3.63) is 83.4 Å². The number of benzene rings is 2. The molecule has 3 aromatic rings. The number of hydrogen-bond donors (Lipinski definition) is 2. The van der Waals surface area contributed by atoms with Crippen molar-refractivity contribution in [2.75, 3.05) is 17.2 Å². The minimum atomic E-state index is -0.534. The Labute approximate surface area is 174 Å². The number of nitrogens with one attached hydrogen (secondary N) is 2. The maximum absolute atomic E-state index is 13.7. The van der Waals surface area contributed by atoms with Crippen molar-refractivity contribution in [2.45, 2.75) is 20.3 Å². The van der Waals surface area contributed by atoms with Crippen molar-refractivity contribution in [3.63, 3.8) is 0 Å². The van der Waals surface area contributed by atoms with Gasteiger partial charge in [0.15, 0.2) is 0 Å². The Hall–Kier alpha value is -3.74. The minimum absolute atomic E-state index is 0.0674. The van der Waals surface area contributed by atoms with Crippen molar-refractivity contribution in [2.24, 2.45) is 0 Å². The van der Waals surface area contributed by atoms with Crippen LogP contribution >= 0.6 is 0 Å². The molecule has 2 aromatic carbocycles. The molecule has 2 amide bonds. The molecule has 1 aromatic heterocycles. The zero-order valence-electron chi connectivity index (χ0n) is 16.7. The lowest BCUT2D eigenvalue weighted by molar-refractivity contribution is -0.116. The monoisotopic (exact) mass is 407 g/mol. The van der Waals surface area contributed by atoms with Crippen molar-refractivity contribution >= 4 is 23.2 Å². The van der Waals surface area contributed by atoms with Crippen LogP contribution in [0.4, 0.5) is 15.8 Å². The fourth-order valence-corrected chi connectivity index (χ4v) is 2.90. The van der Waals surface area contributed by atoms with Crippen molar-refractivity contribution in [3.8, 4) is 5.75 Å². The van der Waals surface area contributed by atoms with Crippen LogP contribution in [0.3, 0.4) is 0 Å². The Bertz CT molecular complexity index is 1030. The van der Waals surface area contributed by atoms with Crippen LogP contribution in [0.15, 0.2) is 60.8 Å². The van der Waals surface area contributed by atoms with Gasteiger partial charge in [0.2, 0.25) is 5.91 Å². The molecule has 0 aliphatic carbocycles. The van der Waals surface area contributed by atoms with Gasteiger partial charge in [-0.1, -0.05) is 24.3 Å². The first kappa shape index (κ1) is 21.0. The summed E-state index contributed by atoms with van der Waals surface area (Å²) in [6.07, 6.45) is 1.57. The minimum Gasteiger partial charge on any atom is -0.493 e. The van der Waals surface area contributed by atoms with Gasteiger partial charge in [0.25, 0.3) is 5.91 Å². The highest BCUT2D eigenvalue weighted by atomic mass is 19.1. The van der Waals surface area contributed by atoms with Gasteiger partial charge in [0.05, 0.1) is 24.4 Å². The third kappa shape index (κ3) is 5.41. The number of hydrogen-bond acceptors (Lipinski definition) is 4. The molecule has 3 rings (SSSR count). The highest BCUT2D eigenvalue weighted by Gasteiger charge is 2.13. The molecule has 0 unspecified atom stereocenters. The van der Waals surface area contributed by atoms with Gasteiger partial charge in [-0.2, -0.15) is 0 Å². The quantitative estimate of drug-likeness (QED) is 0.604. The maximum Gasteiger partial charge on any atom is 0.274 e. The molecular formula is C23H22FN3O3. The Morgan fingerprint density at radius 1 is 0.967 bits per heavy atom. The highest BCUT2D eigenvalue weighted by molar-refractivity contribution is 6.06. The van der Waals surface area contributed by atoms with E-state index < -0.39 is 11.7 Å². The average Bonchev–Trinajstić information content (AvgIpc) is 2.73. The molecule has 0 aliphatic rings. The van der Waals surface area contributed by atoms with E-state index in [1.165, 1.54) is 18.3 Å². The van der Waals surface area contributed by atoms with E-state index in [4.69, 9.17) is 4.74 Å². The third-order valence-electron chi connectivity index (χ3n) is 4.39. The van der Waals surface area contributed by atoms with Crippen molar-refractivity contribution in [1.82, 2.24) is 4.98 Å². The number of ether oxygens (including phenoxy) is 1. The standard InChI is InChI=1S/C23H22FN3O3/c1-15-6-5-7-16(2)22(15)30-13-11-21(28)26-20-14-17(24)9-10-18(20)27-23(29)19-8-3-4-12-25-19/h3-10,12,14H,11,13H2,1-2H3,(H,26,28)(H,27,29). The number of anilines is 2. The number of amides is 2. The summed E-state index contributed by atoms with van der Waals surface area (Å²) in [4.78, 5) is 28.7. The van der Waals surface area contributed by atoms with Crippen LogP contribution in [-0.4, -0.2) is 23.4 Å². The van der Waals surface area contributed by atoms with E-state index in [0.717, 1.165) is 22.9 Å². The van der Waals surface area contributed by atoms with Crippen LogP contribution in [0.5, 0.6) is 5.75 Å². The number of pyridine rings is 1. The van der Waals surface area contributed by atoms with Gasteiger partial charge in [-0.3, -0.25) is 14.6 Å². The molecule has 6 nitrogen and oxygen atoms in total. The number of rotatable bonds is 7. The van der Waals surface area contributed by atoms with Gasteiger partial charge in [0.1, 0.15) is 17.3 Å². The fraction of sp³-hybridized carbons (Fsp3) is 0.174. The van der Waals surface area contributed by atoms with Crippen LogP contribution < -0.4 is 15.4 Å². The van der Waals surface area contributed by atoms with E-state index >= 15 is 0 Å². The Morgan fingerprint density at radius 2 is 1.73 bits per heavy atom. The van der Waals surface area contributed by atoms with Crippen LogP contribution in [0.2, 0.25) is 0 Å². The lowest BCUT2D eigenvalue weighted by Crippen LogP contribution is -2.19. The lowest BCUT2D eigenvalue weighted by atomic mass is 10.1. The summed E-state index contributed by atoms with van der Waals surface area (Å²) in [6, 6.07) is 14.5. The molecule has 0 saturated heterocycles. The molecular weight excluding hydrogens is 385 g/mol. The van der Waals surface area contributed by atoms with Gasteiger partial charge in [-0.15, -0.1) is 0 Å². The molecule has 0 bridgehead atoms. The zero-order chi connectivity index (χ0) is 21.5. The molecule has 0 saturated carbocycles. The summed E-state index contributed by atoms with van der Waals surface area (Å²) in [5, 5.41) is 5.27. The fourth-order valence-electron chi connectivity index (χ4n) is 2.90. The van der Waals surface area contributed by atoms with E-state index in [-0.39, 0.29) is 36.0 Å². The second kappa shape index (κ2) is 9.65. The van der Waals surface area contributed by atoms with Crippen molar-refractivity contribution < 1.29 is 18.7 Å². The van der Waals surface area contributed by atoms with Gasteiger partial charge < -0.3 is 15.4 Å². The van der Waals surface area contributed by atoms with Crippen LogP contribution in [0.25, 0.3) is 0 Å². The first-order chi connectivity index (χ1) is 14.4. The summed E-state index contributed by atoms with van der Waals surface area (Å²) in [5.41, 5.74) is 2.62. The van der Waals surface area contributed by atoms with Gasteiger partial charge in [-0.05, 0) is 55.3 Å². The number of aromatic nitrogens is 1. The van der Waals surface area contributed by atoms with E-state index in [2.05, 4.69) is 15.6 Å². The highest BCUT2D eigenvalue weighted by Crippen LogP contribution is 2.24. The Kier molecular flexibility index (Phi) is 6.75. The number of carbonyl (C=O) groups is 2. The van der Waals surface area contributed by atoms with Gasteiger partial charge in [0, 0.05) is 6.20 Å². The summed E-state index contributed by atoms with van der Waals surface area (Å²) >= 11 is 0. The molecule has 7 heteroatoms.